The number of nitrogens with zero attached hydrogens (tertiary/aromatic N) is 2. The predicted molar refractivity (Wildman–Crippen MR) is 128 cm³/mol. The molecule has 0 radical (unpaired) electrons. The number of rotatable bonds is 5. The van der Waals surface area contributed by atoms with E-state index in [0.29, 0.717) is 30.1 Å². The number of nitrogens with two attached hydrogens (primary N) is 1. The molecule has 0 saturated carbocycles. The molecule has 0 amide bonds. The van der Waals surface area contributed by atoms with Crippen LogP contribution >= 0.6 is 12.2 Å². The second-order valence-corrected chi connectivity index (χ2v) is 14.5. The molecule has 1 aliphatic heterocycles. The van der Waals surface area contributed by atoms with Crippen LogP contribution in [0.25, 0.3) is 11.1 Å². The van der Waals surface area contributed by atoms with Gasteiger partial charge in [-0.05, 0) is 35.8 Å². The number of hydrogen-bond donors (Lipinski definition) is 2. The van der Waals surface area contributed by atoms with E-state index >= 15 is 0 Å². The molecule has 7 nitrogen and oxygen atoms in total. The van der Waals surface area contributed by atoms with E-state index in [4.69, 9.17) is 31.9 Å². The number of nitriles is 2. The Bertz CT molecular complexity index is 1140. The first-order valence-electron chi connectivity index (χ1n) is 10.4. The summed E-state index contributed by atoms with van der Waals surface area (Å²) in [5, 5.41) is 19.2. The summed E-state index contributed by atoms with van der Waals surface area (Å²) in [6.07, 6.45) is -0.335. The largest absolute Gasteiger partial charge is 0.485 e. The van der Waals surface area contributed by atoms with Crippen molar-refractivity contribution in [2.24, 2.45) is 0 Å². The summed E-state index contributed by atoms with van der Waals surface area (Å²) in [5.41, 5.74) is 7.41. The van der Waals surface area contributed by atoms with Gasteiger partial charge in [0.2, 0.25) is 0 Å². The first kappa shape index (κ1) is 24.0. The van der Waals surface area contributed by atoms with Crippen molar-refractivity contribution in [3.63, 3.8) is 0 Å². The fraction of sp³-hybridized carbons (Fsp3) is 0.435. The molecule has 168 valence electrons. The van der Waals surface area contributed by atoms with Crippen molar-refractivity contribution in [1.82, 2.24) is 4.98 Å². The van der Waals surface area contributed by atoms with Crippen LogP contribution in [0.3, 0.4) is 0 Å². The number of anilines is 1. The number of hydrogen-bond acceptors (Lipinski definition) is 7. The van der Waals surface area contributed by atoms with Crippen LogP contribution in [0, 0.1) is 27.3 Å². The lowest BCUT2D eigenvalue weighted by atomic mass is 9.97. The summed E-state index contributed by atoms with van der Waals surface area (Å²) in [7, 11) is -1.96. The lowest BCUT2D eigenvalue weighted by molar-refractivity contribution is 0.0807. The van der Waals surface area contributed by atoms with Gasteiger partial charge in [0.15, 0.2) is 8.32 Å². The zero-order chi connectivity index (χ0) is 23.7. The average molecular weight is 469 g/mol. The van der Waals surface area contributed by atoms with Gasteiger partial charge in [0, 0.05) is 5.56 Å². The van der Waals surface area contributed by atoms with Crippen LogP contribution in [0.2, 0.25) is 18.1 Å². The molecule has 3 N–H and O–H groups in total. The van der Waals surface area contributed by atoms with Gasteiger partial charge >= 0.3 is 0 Å². The van der Waals surface area contributed by atoms with E-state index in [1.54, 1.807) is 24.3 Å². The molecule has 0 bridgehead atoms. The molecule has 3 rings (SSSR count). The zero-order valence-electron chi connectivity index (χ0n) is 19.0. The Morgan fingerprint density at radius 3 is 2.25 bits per heavy atom. The predicted octanol–water partition coefficient (Wildman–Crippen LogP) is 4.90. The second kappa shape index (κ2) is 9.05. The third kappa shape index (κ3) is 4.72. The number of pyridine rings is 1. The van der Waals surface area contributed by atoms with Crippen LogP contribution in [0.1, 0.15) is 31.9 Å². The molecule has 2 unspecified atom stereocenters. The highest BCUT2D eigenvalue weighted by Gasteiger charge is 2.43. The van der Waals surface area contributed by atoms with Crippen LogP contribution in [-0.4, -0.2) is 38.7 Å². The number of H-pyrrole nitrogens is 1. The summed E-state index contributed by atoms with van der Waals surface area (Å²) in [5.74, 6) is 0.791. The van der Waals surface area contributed by atoms with Gasteiger partial charge < -0.3 is 24.6 Å². The lowest BCUT2D eigenvalue weighted by Crippen LogP contribution is -2.47. The van der Waals surface area contributed by atoms with Crippen LogP contribution in [0.4, 0.5) is 5.82 Å². The topological polar surface area (TPSA) is 117 Å². The molecular weight excluding hydrogens is 440 g/mol. The van der Waals surface area contributed by atoms with E-state index < -0.39 is 8.32 Å². The number of nitrogen functional groups attached to an aromatic ring is 1. The minimum Gasteiger partial charge on any atom is -0.485 e. The molecule has 2 atom stereocenters. The van der Waals surface area contributed by atoms with Gasteiger partial charge in [-0.1, -0.05) is 45.1 Å². The van der Waals surface area contributed by atoms with Crippen molar-refractivity contribution in [3.05, 3.63) is 40.0 Å². The molecule has 1 fully saturated rings. The van der Waals surface area contributed by atoms with E-state index in [1.807, 2.05) is 0 Å². The van der Waals surface area contributed by atoms with Gasteiger partial charge in [-0.3, -0.25) is 0 Å². The van der Waals surface area contributed by atoms with Crippen LogP contribution in [0.5, 0.6) is 5.75 Å². The maximum Gasteiger partial charge on any atom is 0.192 e. The van der Waals surface area contributed by atoms with E-state index in [2.05, 4.69) is 51.0 Å². The quantitative estimate of drug-likeness (QED) is 0.473. The molecule has 0 spiro atoms. The van der Waals surface area contributed by atoms with Crippen LogP contribution in [0.15, 0.2) is 24.3 Å². The normalized spacial score (nSPS) is 18.7. The number of ether oxygens (including phenoxy) is 2. The van der Waals surface area contributed by atoms with E-state index in [1.165, 1.54) is 0 Å². The van der Waals surface area contributed by atoms with Gasteiger partial charge in [-0.15, -0.1) is 0 Å². The van der Waals surface area contributed by atoms with Crippen molar-refractivity contribution in [3.8, 4) is 29.0 Å². The zero-order valence-corrected chi connectivity index (χ0v) is 20.8. The molecule has 32 heavy (non-hydrogen) atoms. The van der Waals surface area contributed by atoms with Gasteiger partial charge in [0.1, 0.15) is 46.1 Å². The number of aromatic nitrogens is 1. The molecule has 1 aliphatic rings. The highest BCUT2D eigenvalue weighted by molar-refractivity contribution is 7.71. The molecule has 0 aliphatic carbocycles. The fourth-order valence-electron chi connectivity index (χ4n) is 3.30. The highest BCUT2D eigenvalue weighted by Crippen LogP contribution is 2.38. The first-order valence-corrected chi connectivity index (χ1v) is 13.7. The minimum atomic E-state index is -1.96. The fourth-order valence-corrected chi connectivity index (χ4v) is 4.88. The Kier molecular flexibility index (Phi) is 6.77. The molecule has 2 aromatic rings. The van der Waals surface area contributed by atoms with Crippen molar-refractivity contribution in [2.75, 3.05) is 18.9 Å². The minimum absolute atomic E-state index is 0.0944. The Balaban J connectivity index is 1.84. The molecule has 2 heterocycles. The van der Waals surface area contributed by atoms with Gasteiger partial charge in [0.05, 0.1) is 18.8 Å². The third-order valence-electron chi connectivity index (χ3n) is 6.13. The van der Waals surface area contributed by atoms with Crippen LogP contribution < -0.4 is 10.5 Å². The van der Waals surface area contributed by atoms with Gasteiger partial charge in [0.25, 0.3) is 0 Å². The summed E-state index contributed by atoms with van der Waals surface area (Å²) >= 11 is 5.22. The van der Waals surface area contributed by atoms with Crippen molar-refractivity contribution in [2.45, 2.75) is 51.1 Å². The van der Waals surface area contributed by atoms with Crippen molar-refractivity contribution in [1.29, 1.82) is 10.5 Å². The highest BCUT2D eigenvalue weighted by atomic mass is 32.1. The summed E-state index contributed by atoms with van der Waals surface area (Å²) < 4.78 is 18.6. The lowest BCUT2D eigenvalue weighted by Gasteiger charge is -2.39. The van der Waals surface area contributed by atoms with Crippen LogP contribution in [-0.2, 0) is 9.16 Å². The Morgan fingerprint density at radius 1 is 1.09 bits per heavy atom. The third-order valence-corrected chi connectivity index (χ3v) is 10.9. The molecule has 1 saturated heterocycles. The number of aromatic amines is 1. The maximum atomic E-state index is 9.56. The van der Waals surface area contributed by atoms with Gasteiger partial charge in [-0.2, -0.15) is 10.5 Å². The smallest absolute Gasteiger partial charge is 0.192 e. The van der Waals surface area contributed by atoms with E-state index in [9.17, 15) is 10.5 Å². The van der Waals surface area contributed by atoms with Crippen molar-refractivity contribution >= 4 is 26.4 Å². The van der Waals surface area contributed by atoms with E-state index in [0.717, 1.165) is 0 Å². The Hall–Kier alpha value is -2.69. The standard InChI is InChI=1S/C23H28N4O3SSi/c1-23(2,3)32(4,5)30-19-13-28-12-18(19)29-15-8-6-14(7-9-15)20-16(10-24)21(26)27-22(31)17(20)11-25/h6-9,18-19H,12-13H2,1-5H3,(H3,26,27,31). The maximum absolute atomic E-state index is 9.56. The Morgan fingerprint density at radius 2 is 1.69 bits per heavy atom. The van der Waals surface area contributed by atoms with Crippen molar-refractivity contribution < 1.29 is 13.9 Å². The average Bonchev–Trinajstić information content (AvgIpc) is 3.13. The summed E-state index contributed by atoms with van der Waals surface area (Å²) in [4.78, 5) is 2.71. The Labute approximate surface area is 194 Å². The molecule has 9 heteroatoms. The molecular formula is C23H28N4O3SSi. The van der Waals surface area contributed by atoms with Gasteiger partial charge in [-0.25, -0.2) is 0 Å². The summed E-state index contributed by atoms with van der Waals surface area (Å²) in [6.45, 7) is 12.0. The summed E-state index contributed by atoms with van der Waals surface area (Å²) in [6, 6.07) is 11.3. The molecule has 1 aromatic carbocycles. The number of nitrogens with one attached hydrogen (secondary N) is 1. The first-order chi connectivity index (χ1) is 15.0. The van der Waals surface area contributed by atoms with E-state index in [-0.39, 0.29) is 38.8 Å². The monoisotopic (exact) mass is 468 g/mol. The SMILES string of the molecule is CC(C)(C)[Si](C)(C)OC1COCC1Oc1ccc(-c2c(C#N)c(N)[nH]c(=S)c2C#N)cc1. The second-order valence-electron chi connectivity index (χ2n) is 9.35. The number of benzene rings is 1. The molecule has 1 aromatic heterocycles.